The van der Waals surface area contributed by atoms with E-state index in [-0.39, 0.29) is 23.1 Å². The van der Waals surface area contributed by atoms with E-state index in [1.807, 2.05) is 10.6 Å². The van der Waals surface area contributed by atoms with Crippen LogP contribution in [0.15, 0.2) is 34.3 Å². The first-order valence-electron chi connectivity index (χ1n) is 10.9. The molecule has 33 heavy (non-hydrogen) atoms. The highest BCUT2D eigenvalue weighted by Crippen LogP contribution is 2.51. The molecule has 3 aromatic rings. The summed E-state index contributed by atoms with van der Waals surface area (Å²) < 4.78 is 7.74. The molecule has 2 aliphatic rings. The highest BCUT2D eigenvalue weighted by atomic mass is 32.1. The van der Waals surface area contributed by atoms with Crippen molar-refractivity contribution in [3.63, 3.8) is 0 Å². The predicted molar refractivity (Wildman–Crippen MR) is 127 cm³/mol. The molecule has 1 atom stereocenters. The van der Waals surface area contributed by atoms with Gasteiger partial charge in [0.15, 0.2) is 5.75 Å². The zero-order valence-corrected chi connectivity index (χ0v) is 19.5. The van der Waals surface area contributed by atoms with Gasteiger partial charge in [0.1, 0.15) is 5.56 Å². The number of ether oxygens (including phenoxy) is 1. The molecule has 0 radical (unpaired) electrons. The van der Waals surface area contributed by atoms with Crippen molar-refractivity contribution < 1.29 is 14.6 Å². The third-order valence-electron chi connectivity index (χ3n) is 6.83. The number of carboxylic acid groups (broad SMARTS) is 1. The highest BCUT2D eigenvalue weighted by molar-refractivity contribution is 7.15. The van der Waals surface area contributed by atoms with Gasteiger partial charge in [-0.25, -0.2) is 4.79 Å². The Hall–Kier alpha value is -3.29. The summed E-state index contributed by atoms with van der Waals surface area (Å²) in [6.07, 6.45) is 5.16. The molecule has 1 aromatic carbocycles. The smallest absolute Gasteiger partial charge is 0.341 e. The third-order valence-corrected chi connectivity index (χ3v) is 8.07. The molecule has 0 spiro atoms. The third kappa shape index (κ3) is 3.39. The molecule has 0 aliphatic heterocycles. The van der Waals surface area contributed by atoms with Crippen molar-refractivity contribution in [3.05, 3.63) is 61.1 Å². The molecular formula is C24H24N4O4S. The van der Waals surface area contributed by atoms with Crippen molar-refractivity contribution >= 4 is 28.2 Å². The second-order valence-electron chi connectivity index (χ2n) is 9.44. The van der Waals surface area contributed by atoms with Crippen molar-refractivity contribution in [2.24, 2.45) is 10.5 Å². The van der Waals surface area contributed by atoms with Gasteiger partial charge >= 0.3 is 5.97 Å². The quantitative estimate of drug-likeness (QED) is 0.279. The first-order chi connectivity index (χ1) is 15.8. The fourth-order valence-electron chi connectivity index (χ4n) is 4.88. The van der Waals surface area contributed by atoms with Crippen LogP contribution in [0, 0.1) is 5.41 Å². The first-order valence-corrected chi connectivity index (χ1v) is 11.7. The van der Waals surface area contributed by atoms with Gasteiger partial charge in [-0.05, 0) is 60.4 Å². The van der Waals surface area contributed by atoms with E-state index >= 15 is 0 Å². The van der Waals surface area contributed by atoms with Crippen molar-refractivity contribution in [1.82, 2.24) is 4.57 Å². The van der Waals surface area contributed by atoms with Crippen LogP contribution in [0.4, 0.5) is 0 Å². The number of aromatic nitrogens is 1. The minimum atomic E-state index is -1.23. The lowest BCUT2D eigenvalue weighted by Crippen LogP contribution is -2.25. The molecule has 2 aromatic heterocycles. The van der Waals surface area contributed by atoms with E-state index in [4.69, 9.17) is 10.3 Å². The number of methoxy groups -OCH3 is 1. The van der Waals surface area contributed by atoms with Crippen molar-refractivity contribution in [3.8, 4) is 16.2 Å². The Morgan fingerprint density at radius 3 is 2.76 bits per heavy atom. The Morgan fingerprint density at radius 2 is 2.12 bits per heavy atom. The van der Waals surface area contributed by atoms with E-state index in [2.05, 4.69) is 29.9 Å². The maximum Gasteiger partial charge on any atom is 0.341 e. The van der Waals surface area contributed by atoms with Gasteiger partial charge in [0, 0.05) is 32.5 Å². The summed E-state index contributed by atoms with van der Waals surface area (Å²) in [4.78, 5) is 29.9. The number of benzene rings is 1. The maximum absolute atomic E-state index is 12.9. The van der Waals surface area contributed by atoms with Gasteiger partial charge in [0.2, 0.25) is 5.43 Å². The minimum Gasteiger partial charge on any atom is -0.494 e. The molecule has 170 valence electrons. The van der Waals surface area contributed by atoms with Crippen LogP contribution in [0.2, 0.25) is 0 Å². The van der Waals surface area contributed by atoms with Crippen molar-refractivity contribution in [2.75, 3.05) is 7.11 Å². The molecule has 0 bridgehead atoms. The van der Waals surface area contributed by atoms with Gasteiger partial charge in [-0.2, -0.15) is 0 Å². The van der Waals surface area contributed by atoms with Crippen LogP contribution in [-0.2, 0) is 6.42 Å². The average molecular weight is 465 g/mol. The lowest BCUT2D eigenvalue weighted by molar-refractivity contribution is 0.0695. The number of aromatic carboxylic acids is 1. The first kappa shape index (κ1) is 21.6. The van der Waals surface area contributed by atoms with E-state index in [0.717, 1.165) is 41.7 Å². The lowest BCUT2D eigenvalue weighted by atomic mass is 9.73. The van der Waals surface area contributed by atoms with Crippen LogP contribution in [0.3, 0.4) is 0 Å². The fraction of sp³-hybridized carbons (Fsp3) is 0.417. The Balaban J connectivity index is 1.75. The molecular weight excluding hydrogens is 440 g/mol. The summed E-state index contributed by atoms with van der Waals surface area (Å²) in [6.45, 7) is 4.25. The van der Waals surface area contributed by atoms with Crippen LogP contribution in [-0.4, -0.2) is 22.8 Å². The summed E-state index contributed by atoms with van der Waals surface area (Å²) in [5.74, 6) is -0.663. The number of azide groups is 1. The molecule has 0 saturated heterocycles. The van der Waals surface area contributed by atoms with Gasteiger partial charge < -0.3 is 14.4 Å². The molecule has 1 unspecified atom stereocenters. The normalized spacial score (nSPS) is 19.1. The standard InChI is InChI=1S/C24H24N4O4S/c1-24(2)9-8-17-15(22(24)26-27-25)10-18(33-17)13-6-7-14-19(21(13)32-3)28(12-4-5-12)11-16(20(14)29)23(30)31/h6-7,10-12,22H,4-5,8-9H2,1-3H3,(H,30,31). The molecule has 1 saturated carbocycles. The molecule has 1 N–H and O–H groups in total. The molecule has 1 fully saturated rings. The largest absolute Gasteiger partial charge is 0.494 e. The molecule has 9 heteroatoms. The van der Waals surface area contributed by atoms with E-state index in [0.29, 0.717) is 16.7 Å². The van der Waals surface area contributed by atoms with Gasteiger partial charge in [0.25, 0.3) is 0 Å². The monoisotopic (exact) mass is 464 g/mol. The number of pyridine rings is 1. The van der Waals surface area contributed by atoms with Gasteiger partial charge in [0.05, 0.1) is 24.1 Å². The number of carbonyl (C=O) groups is 1. The summed E-state index contributed by atoms with van der Waals surface area (Å²) in [5, 5.41) is 14.0. The fourth-order valence-corrected chi connectivity index (χ4v) is 6.09. The number of thiophene rings is 1. The average Bonchev–Trinajstić information content (AvgIpc) is 3.53. The number of carboxylic acids is 1. The van der Waals surface area contributed by atoms with E-state index in [9.17, 15) is 14.7 Å². The van der Waals surface area contributed by atoms with Gasteiger partial charge in [-0.3, -0.25) is 4.79 Å². The molecule has 2 heterocycles. The van der Waals surface area contributed by atoms with Crippen LogP contribution in [0.1, 0.15) is 66.0 Å². The Morgan fingerprint density at radius 1 is 1.36 bits per heavy atom. The Labute approximate surface area is 194 Å². The topological polar surface area (TPSA) is 117 Å². The number of fused-ring (bicyclic) bond motifs is 2. The van der Waals surface area contributed by atoms with Crippen LogP contribution < -0.4 is 10.2 Å². The molecule has 0 amide bonds. The number of hydrogen-bond acceptors (Lipinski definition) is 5. The lowest BCUT2D eigenvalue weighted by Gasteiger charge is -2.35. The Bertz CT molecular complexity index is 1410. The SMILES string of the molecule is COc1c(-c2cc3c(s2)CCC(C)(C)C3N=[N+]=[N-])ccc2c(=O)c(C(=O)O)cn(C3CC3)c12. The predicted octanol–water partition coefficient (Wildman–Crippen LogP) is 6.10. The van der Waals surface area contributed by atoms with E-state index in [1.165, 1.54) is 11.1 Å². The van der Waals surface area contributed by atoms with Crippen LogP contribution in [0.5, 0.6) is 5.75 Å². The summed E-state index contributed by atoms with van der Waals surface area (Å²) in [6, 6.07) is 5.52. The number of rotatable bonds is 5. The zero-order valence-electron chi connectivity index (χ0n) is 18.7. The van der Waals surface area contributed by atoms with E-state index < -0.39 is 11.4 Å². The summed E-state index contributed by atoms with van der Waals surface area (Å²) in [5.41, 5.74) is 10.8. The van der Waals surface area contributed by atoms with Crippen molar-refractivity contribution in [2.45, 2.75) is 51.6 Å². The highest BCUT2D eigenvalue weighted by Gasteiger charge is 2.37. The number of hydrogen-bond donors (Lipinski definition) is 1. The zero-order chi connectivity index (χ0) is 23.5. The molecule has 2 aliphatic carbocycles. The second-order valence-corrected chi connectivity index (χ2v) is 10.6. The maximum atomic E-state index is 12.9. The number of nitrogens with zero attached hydrogens (tertiary/aromatic N) is 4. The molecule has 5 rings (SSSR count). The van der Waals surface area contributed by atoms with Crippen molar-refractivity contribution in [1.29, 1.82) is 0 Å². The summed E-state index contributed by atoms with van der Waals surface area (Å²) >= 11 is 1.65. The van der Waals surface area contributed by atoms with Gasteiger partial charge in [-0.1, -0.05) is 19.0 Å². The van der Waals surface area contributed by atoms with Gasteiger partial charge in [-0.15, -0.1) is 11.3 Å². The van der Waals surface area contributed by atoms with Crippen LogP contribution in [0.25, 0.3) is 31.8 Å². The Kier molecular flexibility index (Phi) is 4.99. The molecule has 8 nitrogen and oxygen atoms in total. The summed E-state index contributed by atoms with van der Waals surface area (Å²) in [7, 11) is 1.57. The minimum absolute atomic E-state index is 0.134. The number of aryl methyl sites for hydroxylation is 1. The second kappa shape index (κ2) is 7.64. The van der Waals surface area contributed by atoms with Crippen LogP contribution >= 0.6 is 11.3 Å². The van der Waals surface area contributed by atoms with E-state index in [1.54, 1.807) is 24.5 Å².